The molecule has 0 saturated carbocycles. The van der Waals surface area contributed by atoms with E-state index in [1.54, 1.807) is 25.3 Å². The van der Waals surface area contributed by atoms with Gasteiger partial charge in [0, 0.05) is 43.2 Å². The number of nitrogens with zero attached hydrogens (tertiary/aromatic N) is 2. The standard InChI is InChI=1S/C21H26N8O5S/c1-14-2-4-17(5-3-14)35(33,34)29-21(32)25-11-19(30)28-18(8-16-10-23-13-27-16)20(31)24-7-6-15-9-22-12-26-15/h2-5,9-10,12-13,18H,6-8,11H2,1H3,(H,22,26)(H,23,27)(H,24,31)(H,28,30)(H2,25,29,32). The summed E-state index contributed by atoms with van der Waals surface area (Å²) in [5.41, 5.74) is 2.32. The number of nitrogens with one attached hydrogen (secondary N) is 6. The highest BCUT2D eigenvalue weighted by Crippen LogP contribution is 2.09. The highest BCUT2D eigenvalue weighted by atomic mass is 32.2. The van der Waals surface area contributed by atoms with Crippen LogP contribution >= 0.6 is 0 Å². The molecule has 0 aliphatic rings. The van der Waals surface area contributed by atoms with E-state index >= 15 is 0 Å². The first-order chi connectivity index (χ1) is 16.7. The Morgan fingerprint density at radius 2 is 1.63 bits per heavy atom. The Hall–Kier alpha value is -4.20. The Labute approximate surface area is 201 Å². The number of H-pyrrole nitrogens is 2. The first-order valence-corrected chi connectivity index (χ1v) is 12.1. The summed E-state index contributed by atoms with van der Waals surface area (Å²) in [5, 5.41) is 7.47. The molecule has 3 rings (SSSR count). The molecule has 0 saturated heterocycles. The van der Waals surface area contributed by atoms with Crippen LogP contribution in [-0.4, -0.2) is 65.3 Å². The molecule has 1 atom stereocenters. The maximum absolute atomic E-state index is 12.7. The van der Waals surface area contributed by atoms with E-state index in [-0.39, 0.29) is 11.3 Å². The second-order valence-electron chi connectivity index (χ2n) is 7.62. The van der Waals surface area contributed by atoms with Crippen molar-refractivity contribution in [3.8, 4) is 0 Å². The summed E-state index contributed by atoms with van der Waals surface area (Å²) in [6, 6.07) is 3.89. The van der Waals surface area contributed by atoms with Gasteiger partial charge in [0.15, 0.2) is 0 Å². The Bertz CT molecular complexity index is 1230. The highest BCUT2D eigenvalue weighted by Gasteiger charge is 2.23. The third-order valence-corrected chi connectivity index (χ3v) is 6.19. The van der Waals surface area contributed by atoms with Gasteiger partial charge in [0.1, 0.15) is 6.04 Å². The van der Waals surface area contributed by atoms with Gasteiger partial charge in [-0.2, -0.15) is 0 Å². The van der Waals surface area contributed by atoms with Crippen LogP contribution in [0, 0.1) is 6.92 Å². The predicted molar refractivity (Wildman–Crippen MR) is 124 cm³/mol. The normalized spacial score (nSPS) is 11.9. The molecule has 0 spiro atoms. The average molecular weight is 503 g/mol. The molecule has 6 N–H and O–H groups in total. The number of rotatable bonds is 11. The van der Waals surface area contributed by atoms with Crippen LogP contribution in [0.25, 0.3) is 0 Å². The summed E-state index contributed by atoms with van der Waals surface area (Å²) in [6.07, 6.45) is 6.81. The summed E-state index contributed by atoms with van der Waals surface area (Å²) < 4.78 is 26.4. The van der Waals surface area contributed by atoms with Gasteiger partial charge in [0.2, 0.25) is 11.8 Å². The quantitative estimate of drug-likeness (QED) is 0.204. The van der Waals surface area contributed by atoms with Gasteiger partial charge in [-0.05, 0) is 19.1 Å². The molecule has 14 heteroatoms. The first kappa shape index (κ1) is 25.4. The lowest BCUT2D eigenvalue weighted by atomic mass is 10.1. The van der Waals surface area contributed by atoms with Gasteiger partial charge in [-0.25, -0.2) is 27.9 Å². The molecule has 0 bridgehead atoms. The molecule has 1 unspecified atom stereocenters. The number of imidazole rings is 2. The van der Waals surface area contributed by atoms with Gasteiger partial charge in [-0.1, -0.05) is 17.7 Å². The van der Waals surface area contributed by atoms with Crippen LogP contribution in [0.2, 0.25) is 0 Å². The number of hydrogen-bond donors (Lipinski definition) is 6. The molecular formula is C21H26N8O5S. The van der Waals surface area contributed by atoms with E-state index in [1.807, 2.05) is 4.72 Å². The smallest absolute Gasteiger partial charge is 0.329 e. The first-order valence-electron chi connectivity index (χ1n) is 10.6. The Morgan fingerprint density at radius 1 is 0.971 bits per heavy atom. The van der Waals surface area contributed by atoms with Gasteiger partial charge in [0.25, 0.3) is 10.0 Å². The van der Waals surface area contributed by atoms with Crippen molar-refractivity contribution >= 4 is 27.9 Å². The summed E-state index contributed by atoms with van der Waals surface area (Å²) in [7, 11) is -4.10. The number of aromatic amines is 2. The SMILES string of the molecule is Cc1ccc(S(=O)(=O)NC(=O)NCC(=O)NC(Cc2cnc[nH]2)C(=O)NCCc2cnc[nH]2)cc1. The van der Waals surface area contributed by atoms with Crippen molar-refractivity contribution in [2.45, 2.75) is 30.7 Å². The third kappa shape index (κ3) is 7.96. The lowest BCUT2D eigenvalue weighted by Crippen LogP contribution is -2.51. The Kier molecular flexibility index (Phi) is 8.56. The minimum absolute atomic E-state index is 0.0888. The molecule has 0 radical (unpaired) electrons. The van der Waals surface area contributed by atoms with E-state index in [2.05, 4.69) is 35.9 Å². The molecule has 3 aromatic rings. The van der Waals surface area contributed by atoms with Gasteiger partial charge < -0.3 is 25.9 Å². The molecule has 0 aliphatic heterocycles. The van der Waals surface area contributed by atoms with Crippen molar-refractivity contribution in [2.75, 3.05) is 13.1 Å². The number of urea groups is 1. The van der Waals surface area contributed by atoms with Crippen LogP contribution in [0.3, 0.4) is 0 Å². The molecule has 4 amide bonds. The van der Waals surface area contributed by atoms with Crippen molar-refractivity contribution in [3.05, 3.63) is 66.3 Å². The third-order valence-electron chi connectivity index (χ3n) is 4.85. The van der Waals surface area contributed by atoms with Gasteiger partial charge >= 0.3 is 6.03 Å². The Balaban J connectivity index is 1.51. The van der Waals surface area contributed by atoms with Crippen LogP contribution in [-0.2, 0) is 32.5 Å². The Morgan fingerprint density at radius 3 is 2.26 bits per heavy atom. The van der Waals surface area contributed by atoms with Crippen molar-refractivity contribution in [3.63, 3.8) is 0 Å². The summed E-state index contributed by atoms with van der Waals surface area (Å²) in [4.78, 5) is 50.6. The van der Waals surface area contributed by atoms with E-state index in [0.717, 1.165) is 11.3 Å². The molecular weight excluding hydrogens is 476 g/mol. The molecule has 1 aromatic carbocycles. The largest absolute Gasteiger partial charge is 0.354 e. The average Bonchev–Trinajstić information content (AvgIpc) is 3.52. The van der Waals surface area contributed by atoms with Crippen LogP contribution in [0.15, 0.2) is 54.2 Å². The fourth-order valence-corrected chi connectivity index (χ4v) is 3.96. The van der Waals surface area contributed by atoms with Gasteiger partial charge in [0.05, 0.1) is 24.1 Å². The molecule has 186 valence electrons. The fourth-order valence-electron chi connectivity index (χ4n) is 3.03. The summed E-state index contributed by atoms with van der Waals surface area (Å²) in [5.74, 6) is -1.11. The monoisotopic (exact) mass is 502 g/mol. The van der Waals surface area contributed by atoms with Crippen LogP contribution in [0.1, 0.15) is 17.0 Å². The number of carbonyl (C=O) groups is 3. The number of benzene rings is 1. The predicted octanol–water partition coefficient (Wildman–Crippen LogP) is -0.484. The highest BCUT2D eigenvalue weighted by molar-refractivity contribution is 7.90. The minimum atomic E-state index is -4.10. The molecule has 35 heavy (non-hydrogen) atoms. The van der Waals surface area contributed by atoms with Crippen LogP contribution < -0.4 is 20.7 Å². The lowest BCUT2D eigenvalue weighted by Gasteiger charge is -2.18. The summed E-state index contributed by atoms with van der Waals surface area (Å²) >= 11 is 0. The summed E-state index contributed by atoms with van der Waals surface area (Å²) in [6.45, 7) is 1.57. The maximum atomic E-state index is 12.7. The second kappa shape index (κ2) is 11.8. The number of hydrogen-bond acceptors (Lipinski definition) is 7. The second-order valence-corrected chi connectivity index (χ2v) is 9.30. The molecule has 2 heterocycles. The van der Waals surface area contributed by atoms with Crippen LogP contribution in [0.4, 0.5) is 4.79 Å². The number of sulfonamides is 1. The fraction of sp³-hybridized carbons (Fsp3) is 0.286. The molecule has 13 nitrogen and oxygen atoms in total. The molecule has 2 aromatic heterocycles. The van der Waals surface area contributed by atoms with Crippen molar-refractivity contribution < 1.29 is 22.8 Å². The number of carbonyl (C=O) groups excluding carboxylic acids is 3. The number of aromatic nitrogens is 4. The molecule has 0 fully saturated rings. The van der Waals surface area contributed by atoms with Crippen molar-refractivity contribution in [1.29, 1.82) is 0 Å². The van der Waals surface area contributed by atoms with E-state index in [0.29, 0.717) is 18.7 Å². The molecule has 0 aliphatic carbocycles. The number of amides is 4. The van der Waals surface area contributed by atoms with E-state index in [1.165, 1.54) is 31.0 Å². The van der Waals surface area contributed by atoms with Gasteiger partial charge in [-0.15, -0.1) is 0 Å². The van der Waals surface area contributed by atoms with E-state index in [9.17, 15) is 22.8 Å². The topological polar surface area (TPSA) is 191 Å². The van der Waals surface area contributed by atoms with Crippen molar-refractivity contribution in [2.24, 2.45) is 0 Å². The van der Waals surface area contributed by atoms with E-state index < -0.39 is 40.5 Å². The van der Waals surface area contributed by atoms with E-state index in [4.69, 9.17) is 0 Å². The number of aryl methyl sites for hydroxylation is 1. The minimum Gasteiger partial charge on any atom is -0.354 e. The zero-order valence-electron chi connectivity index (χ0n) is 18.9. The van der Waals surface area contributed by atoms with Crippen molar-refractivity contribution in [1.82, 2.24) is 40.6 Å². The van der Waals surface area contributed by atoms with Crippen LogP contribution in [0.5, 0.6) is 0 Å². The zero-order valence-corrected chi connectivity index (χ0v) is 19.7. The zero-order chi connectivity index (χ0) is 25.3. The maximum Gasteiger partial charge on any atom is 0.329 e. The lowest BCUT2D eigenvalue weighted by molar-refractivity contribution is -0.128. The van der Waals surface area contributed by atoms with Gasteiger partial charge in [-0.3, -0.25) is 9.59 Å².